The Balaban J connectivity index is 2.64. The molecule has 5 nitrogen and oxygen atoms in total. The lowest BCUT2D eigenvalue weighted by molar-refractivity contribution is 0.223. The highest BCUT2D eigenvalue weighted by Gasteiger charge is 2.08. The lowest BCUT2D eigenvalue weighted by Crippen LogP contribution is -2.32. The Morgan fingerprint density at radius 3 is 2.94 bits per heavy atom. The number of anilines is 1. The summed E-state index contributed by atoms with van der Waals surface area (Å²) >= 11 is 0. The maximum Gasteiger partial charge on any atom is 0.321 e. The zero-order chi connectivity index (χ0) is 13.5. The zero-order valence-electron chi connectivity index (χ0n) is 10.7. The molecule has 0 heterocycles. The number of nitrogens with zero attached hydrogens (tertiary/aromatic N) is 2. The number of amides is 2. The highest BCUT2D eigenvalue weighted by Crippen LogP contribution is 2.15. The maximum absolute atomic E-state index is 11.8. The Hall–Kier alpha value is -2.06. The molecule has 1 atom stereocenters. The summed E-state index contributed by atoms with van der Waals surface area (Å²) in [6.45, 7) is 2.30. The molecule has 0 spiro atoms. The Morgan fingerprint density at radius 2 is 2.33 bits per heavy atom. The topological polar surface area (TPSA) is 82.2 Å². The molecule has 0 bridgehead atoms. The van der Waals surface area contributed by atoms with Gasteiger partial charge in [0, 0.05) is 25.3 Å². The summed E-state index contributed by atoms with van der Waals surface area (Å²) in [7, 11) is 1.65. The third-order valence-corrected chi connectivity index (χ3v) is 2.57. The van der Waals surface area contributed by atoms with E-state index in [0.29, 0.717) is 18.7 Å². The van der Waals surface area contributed by atoms with Crippen molar-refractivity contribution in [3.8, 4) is 6.07 Å². The molecule has 0 aliphatic carbocycles. The largest absolute Gasteiger partial charge is 0.327 e. The normalized spacial score (nSPS) is 11.4. The molecule has 0 saturated heterocycles. The lowest BCUT2D eigenvalue weighted by atomic mass is 10.1. The van der Waals surface area contributed by atoms with Gasteiger partial charge in [-0.25, -0.2) is 4.79 Å². The zero-order valence-corrected chi connectivity index (χ0v) is 10.7. The van der Waals surface area contributed by atoms with Gasteiger partial charge in [-0.1, -0.05) is 12.1 Å². The van der Waals surface area contributed by atoms with Gasteiger partial charge >= 0.3 is 6.03 Å². The fraction of sp³-hybridized carbons (Fsp3) is 0.385. The average Bonchev–Trinajstić information content (AvgIpc) is 2.36. The lowest BCUT2D eigenvalue weighted by Gasteiger charge is -2.17. The van der Waals surface area contributed by atoms with Crippen molar-refractivity contribution < 1.29 is 4.79 Å². The minimum Gasteiger partial charge on any atom is -0.327 e. The van der Waals surface area contributed by atoms with Crippen LogP contribution < -0.4 is 11.1 Å². The molecule has 0 radical (unpaired) electrons. The molecule has 0 saturated carbocycles. The first-order chi connectivity index (χ1) is 8.54. The van der Waals surface area contributed by atoms with Crippen LogP contribution in [0.2, 0.25) is 0 Å². The van der Waals surface area contributed by atoms with Crippen molar-refractivity contribution >= 4 is 11.7 Å². The van der Waals surface area contributed by atoms with Crippen molar-refractivity contribution in [3.05, 3.63) is 29.8 Å². The predicted molar refractivity (Wildman–Crippen MR) is 70.9 cm³/mol. The monoisotopic (exact) mass is 246 g/mol. The number of urea groups is 1. The van der Waals surface area contributed by atoms with Crippen LogP contribution in [0, 0.1) is 11.3 Å². The van der Waals surface area contributed by atoms with E-state index in [9.17, 15) is 4.79 Å². The third-order valence-electron chi connectivity index (χ3n) is 2.57. The summed E-state index contributed by atoms with van der Waals surface area (Å²) in [5.41, 5.74) is 7.45. The second kappa shape index (κ2) is 6.62. The van der Waals surface area contributed by atoms with E-state index in [1.165, 1.54) is 4.90 Å². The van der Waals surface area contributed by atoms with Crippen LogP contribution in [0.3, 0.4) is 0 Å². The number of hydrogen-bond acceptors (Lipinski definition) is 3. The molecule has 1 unspecified atom stereocenters. The van der Waals surface area contributed by atoms with Crippen LogP contribution in [0.1, 0.15) is 24.9 Å². The number of benzene rings is 1. The van der Waals surface area contributed by atoms with Gasteiger partial charge in [0.25, 0.3) is 0 Å². The second-order valence-electron chi connectivity index (χ2n) is 4.17. The van der Waals surface area contributed by atoms with Gasteiger partial charge in [0.05, 0.1) is 12.5 Å². The Bertz CT molecular complexity index is 451. The Labute approximate surface area is 107 Å². The van der Waals surface area contributed by atoms with E-state index >= 15 is 0 Å². The standard InChI is InChI=1S/C13H18N4O/c1-10(15)11-5-3-6-12(9-11)16-13(18)17(2)8-4-7-14/h3,5-6,9-10H,4,8,15H2,1-2H3,(H,16,18). The molecule has 96 valence electrons. The fourth-order valence-corrected chi connectivity index (χ4v) is 1.44. The SMILES string of the molecule is CC(N)c1cccc(NC(=O)N(C)CCC#N)c1. The quantitative estimate of drug-likeness (QED) is 0.853. The van der Waals surface area contributed by atoms with E-state index in [1.54, 1.807) is 7.05 Å². The number of carbonyl (C=O) groups excluding carboxylic acids is 1. The number of nitriles is 1. The molecule has 1 aromatic rings. The molecule has 2 amide bonds. The summed E-state index contributed by atoms with van der Waals surface area (Å²) in [6.07, 6.45) is 0.323. The van der Waals surface area contributed by atoms with E-state index < -0.39 is 0 Å². The van der Waals surface area contributed by atoms with Crippen molar-refractivity contribution in [1.82, 2.24) is 4.90 Å². The van der Waals surface area contributed by atoms with Gasteiger partial charge in [-0.2, -0.15) is 5.26 Å². The van der Waals surface area contributed by atoms with Crippen molar-refractivity contribution in [2.24, 2.45) is 5.73 Å². The second-order valence-corrected chi connectivity index (χ2v) is 4.17. The highest BCUT2D eigenvalue weighted by molar-refractivity contribution is 5.89. The number of hydrogen-bond donors (Lipinski definition) is 2. The van der Waals surface area contributed by atoms with Gasteiger partial charge in [0.15, 0.2) is 0 Å². The molecule has 18 heavy (non-hydrogen) atoms. The van der Waals surface area contributed by atoms with Crippen molar-refractivity contribution in [2.75, 3.05) is 18.9 Å². The average molecular weight is 246 g/mol. The smallest absolute Gasteiger partial charge is 0.321 e. The molecule has 1 rings (SSSR count). The van der Waals surface area contributed by atoms with E-state index in [2.05, 4.69) is 5.32 Å². The van der Waals surface area contributed by atoms with E-state index in [0.717, 1.165) is 5.56 Å². The molecular weight excluding hydrogens is 228 g/mol. The number of rotatable bonds is 4. The van der Waals surface area contributed by atoms with Crippen LogP contribution in [0.15, 0.2) is 24.3 Å². The van der Waals surface area contributed by atoms with Gasteiger partial charge in [-0.3, -0.25) is 0 Å². The molecule has 0 aromatic heterocycles. The van der Waals surface area contributed by atoms with Gasteiger partial charge in [-0.15, -0.1) is 0 Å². The molecule has 1 aromatic carbocycles. The van der Waals surface area contributed by atoms with Crippen LogP contribution >= 0.6 is 0 Å². The van der Waals surface area contributed by atoms with Crippen molar-refractivity contribution in [3.63, 3.8) is 0 Å². The van der Waals surface area contributed by atoms with Gasteiger partial charge in [0.1, 0.15) is 0 Å². The van der Waals surface area contributed by atoms with Gasteiger partial charge < -0.3 is 16.0 Å². The number of carbonyl (C=O) groups is 1. The van der Waals surface area contributed by atoms with Crippen LogP contribution in [-0.4, -0.2) is 24.5 Å². The summed E-state index contributed by atoms with van der Waals surface area (Å²) in [6, 6.07) is 9.13. The van der Waals surface area contributed by atoms with Crippen LogP contribution in [-0.2, 0) is 0 Å². The number of nitrogens with two attached hydrogens (primary N) is 1. The third kappa shape index (κ3) is 4.07. The number of nitrogens with one attached hydrogen (secondary N) is 1. The summed E-state index contributed by atoms with van der Waals surface area (Å²) in [5.74, 6) is 0. The van der Waals surface area contributed by atoms with E-state index in [4.69, 9.17) is 11.0 Å². The van der Waals surface area contributed by atoms with E-state index in [-0.39, 0.29) is 12.1 Å². The minimum absolute atomic E-state index is 0.0711. The molecule has 0 aliphatic rings. The molecule has 0 aliphatic heterocycles. The van der Waals surface area contributed by atoms with Crippen LogP contribution in [0.25, 0.3) is 0 Å². The molecule has 5 heteroatoms. The van der Waals surface area contributed by atoms with Crippen LogP contribution in [0.4, 0.5) is 10.5 Å². The predicted octanol–water partition coefficient (Wildman–Crippen LogP) is 2.08. The summed E-state index contributed by atoms with van der Waals surface area (Å²) in [5, 5.41) is 11.2. The van der Waals surface area contributed by atoms with Crippen LogP contribution in [0.5, 0.6) is 0 Å². The van der Waals surface area contributed by atoms with Crippen molar-refractivity contribution in [2.45, 2.75) is 19.4 Å². The van der Waals surface area contributed by atoms with Gasteiger partial charge in [-0.05, 0) is 24.6 Å². The molecular formula is C13H18N4O. The minimum atomic E-state index is -0.230. The highest BCUT2D eigenvalue weighted by atomic mass is 16.2. The summed E-state index contributed by atoms with van der Waals surface area (Å²) in [4.78, 5) is 13.2. The molecule has 3 N–H and O–H groups in total. The summed E-state index contributed by atoms with van der Waals surface area (Å²) < 4.78 is 0. The maximum atomic E-state index is 11.8. The first-order valence-corrected chi connectivity index (χ1v) is 5.79. The Kier molecular flexibility index (Phi) is 5.15. The molecule has 0 fully saturated rings. The first-order valence-electron chi connectivity index (χ1n) is 5.79. The Morgan fingerprint density at radius 1 is 1.61 bits per heavy atom. The van der Waals surface area contributed by atoms with Crippen molar-refractivity contribution in [1.29, 1.82) is 5.26 Å². The van der Waals surface area contributed by atoms with Gasteiger partial charge in [0.2, 0.25) is 0 Å². The fourth-order valence-electron chi connectivity index (χ4n) is 1.44. The van der Waals surface area contributed by atoms with E-state index in [1.807, 2.05) is 37.3 Å². The first kappa shape index (κ1) is 14.0.